The highest BCUT2D eigenvalue weighted by Gasteiger charge is 2.26. The van der Waals surface area contributed by atoms with Crippen molar-refractivity contribution in [3.8, 4) is 11.5 Å². The summed E-state index contributed by atoms with van der Waals surface area (Å²) in [6.45, 7) is 2.19. The van der Waals surface area contributed by atoms with E-state index >= 15 is 0 Å². The molecule has 1 heterocycles. The summed E-state index contributed by atoms with van der Waals surface area (Å²) in [6.07, 6.45) is 1.29. The van der Waals surface area contributed by atoms with E-state index in [4.69, 9.17) is 15.2 Å². The van der Waals surface area contributed by atoms with Crippen LogP contribution >= 0.6 is 0 Å². The summed E-state index contributed by atoms with van der Waals surface area (Å²) < 4.78 is 10.6. The van der Waals surface area contributed by atoms with Crippen molar-refractivity contribution in [2.45, 2.75) is 12.8 Å². The maximum Gasteiger partial charge on any atom is 0.227 e. The Kier molecular flexibility index (Phi) is 4.84. The van der Waals surface area contributed by atoms with Gasteiger partial charge in [0.05, 0.1) is 20.6 Å². The molecular weight excluding hydrogens is 256 g/mol. The van der Waals surface area contributed by atoms with Gasteiger partial charge in [0.25, 0.3) is 0 Å². The summed E-state index contributed by atoms with van der Waals surface area (Å²) in [5.41, 5.74) is 6.47. The second-order valence-corrected chi connectivity index (χ2v) is 5.05. The molecule has 2 rings (SSSR count). The Hall–Kier alpha value is -1.75. The van der Waals surface area contributed by atoms with Crippen LogP contribution in [0.4, 0.5) is 0 Å². The number of hydrogen-bond acceptors (Lipinski definition) is 4. The van der Waals surface area contributed by atoms with Crippen LogP contribution in [0.5, 0.6) is 11.5 Å². The van der Waals surface area contributed by atoms with Gasteiger partial charge >= 0.3 is 0 Å². The number of carbonyl (C=O) groups is 1. The average molecular weight is 278 g/mol. The number of ether oxygens (including phenoxy) is 2. The number of rotatable bonds is 5. The highest BCUT2D eigenvalue weighted by molar-refractivity contribution is 5.80. The number of methoxy groups -OCH3 is 2. The van der Waals surface area contributed by atoms with Gasteiger partial charge < -0.3 is 20.1 Å². The number of benzene rings is 1. The van der Waals surface area contributed by atoms with Crippen molar-refractivity contribution in [1.82, 2.24) is 4.90 Å². The molecule has 0 spiro atoms. The van der Waals surface area contributed by atoms with E-state index in [1.54, 1.807) is 14.2 Å². The standard InChI is InChI=1S/C15H22N2O3/c1-19-13-4-3-5-14(20-2)12(13)8-15(18)17-7-6-11(9-16)10-17/h3-5,11H,6-10,16H2,1-2H3. The number of amides is 1. The number of nitrogens with two attached hydrogens (primary N) is 1. The molecule has 5 heteroatoms. The van der Waals surface area contributed by atoms with Crippen LogP contribution in [-0.4, -0.2) is 44.7 Å². The molecule has 0 bridgehead atoms. The molecule has 1 atom stereocenters. The van der Waals surface area contributed by atoms with Gasteiger partial charge in [-0.3, -0.25) is 4.79 Å². The van der Waals surface area contributed by atoms with Crippen LogP contribution in [-0.2, 0) is 11.2 Å². The minimum atomic E-state index is 0.101. The Labute approximate surface area is 119 Å². The first kappa shape index (κ1) is 14.7. The second kappa shape index (κ2) is 6.61. The highest BCUT2D eigenvalue weighted by atomic mass is 16.5. The van der Waals surface area contributed by atoms with Crippen LogP contribution in [0.1, 0.15) is 12.0 Å². The zero-order chi connectivity index (χ0) is 14.5. The summed E-state index contributed by atoms with van der Waals surface area (Å²) in [4.78, 5) is 14.3. The molecule has 1 fully saturated rings. The summed E-state index contributed by atoms with van der Waals surface area (Å²) in [6, 6.07) is 5.54. The van der Waals surface area contributed by atoms with Gasteiger partial charge in [-0.1, -0.05) is 6.07 Å². The topological polar surface area (TPSA) is 64.8 Å². The van der Waals surface area contributed by atoms with Gasteiger partial charge in [0.15, 0.2) is 0 Å². The molecular formula is C15H22N2O3. The smallest absolute Gasteiger partial charge is 0.227 e. The van der Waals surface area contributed by atoms with E-state index in [2.05, 4.69) is 0 Å². The molecule has 0 aliphatic carbocycles. The number of hydrogen-bond donors (Lipinski definition) is 1. The van der Waals surface area contributed by atoms with Gasteiger partial charge in [-0.25, -0.2) is 0 Å². The Morgan fingerprint density at radius 3 is 2.50 bits per heavy atom. The maximum absolute atomic E-state index is 12.4. The Balaban J connectivity index is 2.11. The minimum Gasteiger partial charge on any atom is -0.496 e. The molecule has 5 nitrogen and oxygen atoms in total. The van der Waals surface area contributed by atoms with E-state index in [0.717, 1.165) is 25.1 Å². The average Bonchev–Trinajstić information content (AvgIpc) is 2.96. The molecule has 0 aromatic heterocycles. The van der Waals surface area contributed by atoms with E-state index < -0.39 is 0 Å². The third-order valence-electron chi connectivity index (χ3n) is 3.83. The van der Waals surface area contributed by atoms with Gasteiger partial charge in [-0.15, -0.1) is 0 Å². The Morgan fingerprint density at radius 1 is 1.35 bits per heavy atom. The molecule has 1 aromatic rings. The molecule has 110 valence electrons. The molecule has 1 aromatic carbocycles. The minimum absolute atomic E-state index is 0.101. The molecule has 20 heavy (non-hydrogen) atoms. The van der Waals surface area contributed by atoms with Crippen molar-refractivity contribution in [3.63, 3.8) is 0 Å². The summed E-state index contributed by atoms with van der Waals surface area (Å²) in [5, 5.41) is 0. The van der Waals surface area contributed by atoms with E-state index in [9.17, 15) is 4.79 Å². The fourth-order valence-electron chi connectivity index (χ4n) is 2.62. The number of likely N-dealkylation sites (tertiary alicyclic amines) is 1. The third kappa shape index (κ3) is 3.04. The van der Waals surface area contributed by atoms with Crippen LogP contribution < -0.4 is 15.2 Å². The lowest BCUT2D eigenvalue weighted by Crippen LogP contribution is -2.31. The fraction of sp³-hybridized carbons (Fsp3) is 0.533. The summed E-state index contributed by atoms with van der Waals surface area (Å²) in [7, 11) is 3.20. The molecule has 1 aliphatic rings. The van der Waals surface area contributed by atoms with E-state index in [1.165, 1.54) is 0 Å². The predicted molar refractivity (Wildman–Crippen MR) is 77.0 cm³/mol. The quantitative estimate of drug-likeness (QED) is 0.874. The molecule has 0 radical (unpaired) electrons. The highest BCUT2D eigenvalue weighted by Crippen LogP contribution is 2.29. The normalized spacial score (nSPS) is 18.1. The third-order valence-corrected chi connectivity index (χ3v) is 3.83. The molecule has 1 saturated heterocycles. The number of carbonyl (C=O) groups excluding carboxylic acids is 1. The predicted octanol–water partition coefficient (Wildman–Crippen LogP) is 1.05. The Bertz CT molecular complexity index is 454. The van der Waals surface area contributed by atoms with E-state index in [0.29, 0.717) is 30.4 Å². The zero-order valence-electron chi connectivity index (χ0n) is 12.1. The van der Waals surface area contributed by atoms with Crippen molar-refractivity contribution in [2.75, 3.05) is 33.9 Å². The monoisotopic (exact) mass is 278 g/mol. The first-order valence-corrected chi connectivity index (χ1v) is 6.87. The van der Waals surface area contributed by atoms with Crippen LogP contribution in [0.15, 0.2) is 18.2 Å². The lowest BCUT2D eigenvalue weighted by molar-refractivity contribution is -0.129. The zero-order valence-corrected chi connectivity index (χ0v) is 12.1. The van der Waals surface area contributed by atoms with Crippen molar-refractivity contribution in [3.05, 3.63) is 23.8 Å². The molecule has 1 amide bonds. The Morgan fingerprint density at radius 2 is 2.00 bits per heavy atom. The van der Waals surface area contributed by atoms with Crippen molar-refractivity contribution >= 4 is 5.91 Å². The molecule has 1 aliphatic heterocycles. The largest absolute Gasteiger partial charge is 0.496 e. The van der Waals surface area contributed by atoms with Gasteiger partial charge in [0, 0.05) is 18.7 Å². The second-order valence-electron chi connectivity index (χ2n) is 5.05. The van der Waals surface area contributed by atoms with Gasteiger partial charge in [-0.2, -0.15) is 0 Å². The van der Waals surface area contributed by atoms with Crippen molar-refractivity contribution in [2.24, 2.45) is 11.7 Å². The van der Waals surface area contributed by atoms with Crippen molar-refractivity contribution in [1.29, 1.82) is 0 Å². The lowest BCUT2D eigenvalue weighted by atomic mass is 10.1. The van der Waals surface area contributed by atoms with Crippen LogP contribution in [0.2, 0.25) is 0 Å². The van der Waals surface area contributed by atoms with Crippen molar-refractivity contribution < 1.29 is 14.3 Å². The van der Waals surface area contributed by atoms with E-state index in [-0.39, 0.29) is 5.91 Å². The first-order valence-electron chi connectivity index (χ1n) is 6.87. The molecule has 1 unspecified atom stereocenters. The van der Waals surface area contributed by atoms with Gasteiger partial charge in [-0.05, 0) is 31.0 Å². The van der Waals surface area contributed by atoms with Gasteiger partial charge in [0.1, 0.15) is 11.5 Å². The van der Waals surface area contributed by atoms with Crippen LogP contribution in [0.25, 0.3) is 0 Å². The lowest BCUT2D eigenvalue weighted by Gasteiger charge is -2.18. The van der Waals surface area contributed by atoms with Gasteiger partial charge in [0.2, 0.25) is 5.91 Å². The first-order chi connectivity index (χ1) is 9.69. The van der Waals surface area contributed by atoms with Crippen LogP contribution in [0, 0.1) is 5.92 Å². The molecule has 2 N–H and O–H groups in total. The summed E-state index contributed by atoms with van der Waals surface area (Å²) in [5.74, 6) is 1.90. The maximum atomic E-state index is 12.4. The fourth-order valence-corrected chi connectivity index (χ4v) is 2.62. The SMILES string of the molecule is COc1cccc(OC)c1CC(=O)N1CCC(CN)C1. The number of nitrogens with zero attached hydrogens (tertiary/aromatic N) is 1. The summed E-state index contributed by atoms with van der Waals surface area (Å²) >= 11 is 0. The molecule has 0 saturated carbocycles. The van der Waals surface area contributed by atoms with Crippen LogP contribution in [0.3, 0.4) is 0 Å². The van der Waals surface area contributed by atoms with E-state index in [1.807, 2.05) is 23.1 Å².